The van der Waals surface area contributed by atoms with Crippen LogP contribution in [0.15, 0.2) is 24.3 Å². The molecule has 1 aliphatic heterocycles. The van der Waals surface area contributed by atoms with Gasteiger partial charge in [0, 0.05) is 29.9 Å². The number of rotatable bonds is 1. The standard InChI is InChI=1S/C15H16N2O3/c1-8-14-11(10-5-3-4-6-12(10)16-14)7-13(15(19)20)17(8)9(2)18/h3-6,8,13,16H,7H2,1-2H3,(H,19,20)/t8-,13+/m0/s1. The van der Waals surface area contributed by atoms with Crippen LogP contribution in [-0.2, 0) is 16.0 Å². The quantitative estimate of drug-likeness (QED) is 0.834. The molecule has 20 heavy (non-hydrogen) atoms. The molecule has 5 nitrogen and oxygen atoms in total. The molecule has 2 atom stereocenters. The zero-order chi connectivity index (χ0) is 14.4. The molecule has 2 N–H and O–H groups in total. The Morgan fingerprint density at radius 2 is 2.05 bits per heavy atom. The SMILES string of the molecule is CC(=O)N1[C@@H](C(=O)O)Cc2c([nH]c3ccccc23)[C@@H]1C. The molecule has 2 aromatic rings. The van der Waals surface area contributed by atoms with Crippen molar-refractivity contribution in [2.24, 2.45) is 0 Å². The monoisotopic (exact) mass is 272 g/mol. The number of hydrogen-bond acceptors (Lipinski definition) is 2. The first-order valence-corrected chi connectivity index (χ1v) is 6.62. The predicted octanol–water partition coefficient (Wildman–Crippen LogP) is 2.09. The van der Waals surface area contributed by atoms with Crippen LogP contribution in [0.2, 0.25) is 0 Å². The lowest BCUT2D eigenvalue weighted by Gasteiger charge is -2.37. The lowest BCUT2D eigenvalue weighted by Crippen LogP contribution is -2.49. The summed E-state index contributed by atoms with van der Waals surface area (Å²) in [6.07, 6.45) is 0.346. The number of fused-ring (bicyclic) bond motifs is 3. The first kappa shape index (κ1) is 12.7. The van der Waals surface area contributed by atoms with Crippen molar-refractivity contribution in [3.63, 3.8) is 0 Å². The summed E-state index contributed by atoms with van der Waals surface area (Å²) in [6, 6.07) is 6.77. The molecule has 5 heteroatoms. The number of aromatic nitrogens is 1. The third-order valence-electron chi connectivity index (χ3n) is 4.06. The van der Waals surface area contributed by atoms with Crippen LogP contribution >= 0.6 is 0 Å². The van der Waals surface area contributed by atoms with Gasteiger partial charge in [-0.3, -0.25) is 4.79 Å². The molecule has 1 amide bonds. The Bertz CT molecular complexity index is 704. The number of nitrogens with zero attached hydrogens (tertiary/aromatic N) is 1. The second kappa shape index (κ2) is 4.37. The lowest BCUT2D eigenvalue weighted by atomic mass is 9.92. The number of carboxylic acids is 1. The molecule has 1 aromatic heterocycles. The van der Waals surface area contributed by atoms with Gasteiger partial charge < -0.3 is 15.0 Å². The minimum Gasteiger partial charge on any atom is -0.480 e. The zero-order valence-electron chi connectivity index (χ0n) is 11.4. The normalized spacial score (nSPS) is 21.8. The Morgan fingerprint density at radius 1 is 1.35 bits per heavy atom. The summed E-state index contributed by atoms with van der Waals surface area (Å²) >= 11 is 0. The molecule has 0 radical (unpaired) electrons. The number of hydrogen-bond donors (Lipinski definition) is 2. The number of H-pyrrole nitrogens is 1. The van der Waals surface area contributed by atoms with E-state index in [4.69, 9.17) is 0 Å². The average Bonchev–Trinajstić information content (AvgIpc) is 2.77. The summed E-state index contributed by atoms with van der Waals surface area (Å²) in [6.45, 7) is 3.28. The van der Waals surface area contributed by atoms with Crippen LogP contribution in [0.25, 0.3) is 10.9 Å². The summed E-state index contributed by atoms with van der Waals surface area (Å²) < 4.78 is 0. The van der Waals surface area contributed by atoms with E-state index in [0.717, 1.165) is 22.2 Å². The predicted molar refractivity (Wildman–Crippen MR) is 74.4 cm³/mol. The molecule has 0 spiro atoms. The average molecular weight is 272 g/mol. The molecule has 0 bridgehead atoms. The number of aliphatic carboxylic acids is 1. The maximum atomic E-state index is 11.8. The van der Waals surface area contributed by atoms with E-state index in [1.165, 1.54) is 11.8 Å². The molecule has 0 saturated carbocycles. The van der Waals surface area contributed by atoms with Crippen LogP contribution in [-0.4, -0.2) is 32.9 Å². The van der Waals surface area contributed by atoms with Crippen molar-refractivity contribution in [2.75, 3.05) is 0 Å². The molecular formula is C15H16N2O3. The zero-order valence-corrected chi connectivity index (χ0v) is 11.4. The van der Waals surface area contributed by atoms with Crippen molar-refractivity contribution in [2.45, 2.75) is 32.4 Å². The summed E-state index contributed by atoms with van der Waals surface area (Å²) in [5.41, 5.74) is 2.94. The second-order valence-electron chi connectivity index (χ2n) is 5.22. The van der Waals surface area contributed by atoms with E-state index in [1.807, 2.05) is 31.2 Å². The summed E-state index contributed by atoms with van der Waals surface area (Å²) in [5, 5.41) is 10.5. The van der Waals surface area contributed by atoms with Crippen molar-refractivity contribution < 1.29 is 14.7 Å². The molecule has 1 aromatic carbocycles. The van der Waals surface area contributed by atoms with Crippen molar-refractivity contribution in [3.8, 4) is 0 Å². The number of para-hydroxylation sites is 1. The number of nitrogens with one attached hydrogen (secondary N) is 1. The number of benzene rings is 1. The summed E-state index contributed by atoms with van der Waals surface area (Å²) in [7, 11) is 0. The van der Waals surface area contributed by atoms with Crippen LogP contribution in [0, 0.1) is 0 Å². The smallest absolute Gasteiger partial charge is 0.326 e. The van der Waals surface area contributed by atoms with Gasteiger partial charge in [-0.05, 0) is 18.6 Å². The fourth-order valence-corrected chi connectivity index (χ4v) is 3.20. The van der Waals surface area contributed by atoms with E-state index in [-0.39, 0.29) is 11.9 Å². The molecule has 3 rings (SSSR count). The summed E-state index contributed by atoms with van der Waals surface area (Å²) in [5.74, 6) is -1.17. The fraction of sp³-hybridized carbons (Fsp3) is 0.333. The number of amides is 1. The molecule has 0 unspecified atom stereocenters. The van der Waals surface area contributed by atoms with Crippen molar-refractivity contribution >= 4 is 22.8 Å². The second-order valence-corrected chi connectivity index (χ2v) is 5.22. The largest absolute Gasteiger partial charge is 0.480 e. The van der Waals surface area contributed by atoms with E-state index >= 15 is 0 Å². The number of carboxylic acid groups (broad SMARTS) is 1. The number of aromatic amines is 1. The third-order valence-corrected chi connectivity index (χ3v) is 4.06. The van der Waals surface area contributed by atoms with E-state index in [0.29, 0.717) is 6.42 Å². The highest BCUT2D eigenvalue weighted by Gasteiger charge is 2.39. The van der Waals surface area contributed by atoms with Gasteiger partial charge in [0.05, 0.1) is 6.04 Å². The molecular weight excluding hydrogens is 256 g/mol. The van der Waals surface area contributed by atoms with E-state index < -0.39 is 12.0 Å². The maximum Gasteiger partial charge on any atom is 0.326 e. The molecule has 1 aliphatic rings. The Balaban J connectivity index is 2.20. The van der Waals surface area contributed by atoms with Crippen molar-refractivity contribution in [1.29, 1.82) is 0 Å². The Hall–Kier alpha value is -2.30. The van der Waals surface area contributed by atoms with Crippen LogP contribution in [0.1, 0.15) is 31.1 Å². The molecule has 0 saturated heterocycles. The third kappa shape index (κ3) is 1.70. The van der Waals surface area contributed by atoms with E-state index in [2.05, 4.69) is 4.98 Å². The van der Waals surface area contributed by atoms with Gasteiger partial charge in [-0.2, -0.15) is 0 Å². The highest BCUT2D eigenvalue weighted by molar-refractivity contribution is 5.89. The summed E-state index contributed by atoms with van der Waals surface area (Å²) in [4.78, 5) is 28.0. The van der Waals surface area contributed by atoms with Gasteiger partial charge in [-0.1, -0.05) is 18.2 Å². The lowest BCUT2D eigenvalue weighted by molar-refractivity contribution is -0.152. The molecule has 0 fully saturated rings. The maximum absolute atomic E-state index is 11.8. The van der Waals surface area contributed by atoms with Gasteiger partial charge in [0.25, 0.3) is 0 Å². The highest BCUT2D eigenvalue weighted by Crippen LogP contribution is 2.36. The van der Waals surface area contributed by atoms with Crippen molar-refractivity contribution in [3.05, 3.63) is 35.5 Å². The van der Waals surface area contributed by atoms with Gasteiger partial charge in [-0.15, -0.1) is 0 Å². The Morgan fingerprint density at radius 3 is 2.70 bits per heavy atom. The first-order valence-electron chi connectivity index (χ1n) is 6.62. The minimum atomic E-state index is -0.956. The van der Waals surface area contributed by atoms with E-state index in [1.54, 1.807) is 0 Å². The Labute approximate surface area is 116 Å². The van der Waals surface area contributed by atoms with Crippen LogP contribution in [0.4, 0.5) is 0 Å². The Kier molecular flexibility index (Phi) is 2.78. The fourth-order valence-electron chi connectivity index (χ4n) is 3.20. The highest BCUT2D eigenvalue weighted by atomic mass is 16.4. The van der Waals surface area contributed by atoms with Gasteiger partial charge in [-0.25, -0.2) is 4.79 Å². The van der Waals surface area contributed by atoms with Gasteiger partial charge in [0.2, 0.25) is 5.91 Å². The number of carbonyl (C=O) groups excluding carboxylic acids is 1. The number of carbonyl (C=O) groups is 2. The van der Waals surface area contributed by atoms with Crippen LogP contribution in [0.3, 0.4) is 0 Å². The molecule has 2 heterocycles. The topological polar surface area (TPSA) is 73.4 Å². The van der Waals surface area contributed by atoms with Gasteiger partial charge in [0.1, 0.15) is 6.04 Å². The van der Waals surface area contributed by atoms with Crippen LogP contribution in [0.5, 0.6) is 0 Å². The molecule has 104 valence electrons. The van der Waals surface area contributed by atoms with Crippen molar-refractivity contribution in [1.82, 2.24) is 9.88 Å². The van der Waals surface area contributed by atoms with Gasteiger partial charge >= 0.3 is 5.97 Å². The van der Waals surface area contributed by atoms with Crippen LogP contribution < -0.4 is 0 Å². The first-order chi connectivity index (χ1) is 9.50. The van der Waals surface area contributed by atoms with E-state index in [9.17, 15) is 14.7 Å². The van der Waals surface area contributed by atoms with Gasteiger partial charge in [0.15, 0.2) is 0 Å². The molecule has 0 aliphatic carbocycles. The minimum absolute atomic E-state index is 0.214.